The van der Waals surface area contributed by atoms with Crippen LogP contribution in [0.15, 0.2) is 53.4 Å². The molecule has 0 radical (unpaired) electrons. The first-order valence-electron chi connectivity index (χ1n) is 8.45. The molecule has 0 aliphatic heterocycles. The molecule has 0 atom stereocenters. The molecule has 0 aliphatic carbocycles. The van der Waals surface area contributed by atoms with Gasteiger partial charge in [-0.05, 0) is 43.3 Å². The van der Waals surface area contributed by atoms with Gasteiger partial charge in [-0.15, -0.1) is 0 Å². The van der Waals surface area contributed by atoms with Gasteiger partial charge in [0.2, 0.25) is 15.9 Å². The number of anilines is 1. The zero-order valence-electron chi connectivity index (χ0n) is 15.5. The third-order valence-corrected chi connectivity index (χ3v) is 5.35. The Labute approximate surface area is 163 Å². The average Bonchev–Trinajstić information content (AvgIpc) is 2.67. The van der Waals surface area contributed by atoms with Gasteiger partial charge in [0.05, 0.1) is 4.90 Å². The number of sulfonamides is 1. The number of nitrogens with one attached hydrogen (secondary N) is 3. The van der Waals surface area contributed by atoms with E-state index in [2.05, 4.69) is 15.4 Å². The summed E-state index contributed by atoms with van der Waals surface area (Å²) in [5, 5.41) is 5.13. The molecule has 0 bridgehead atoms. The summed E-state index contributed by atoms with van der Waals surface area (Å²) in [5.41, 5.74) is 1.38. The van der Waals surface area contributed by atoms with Crippen molar-refractivity contribution in [2.45, 2.75) is 18.2 Å². The van der Waals surface area contributed by atoms with E-state index in [0.717, 1.165) is 0 Å². The monoisotopic (exact) mass is 403 g/mol. The Hall–Kier alpha value is -3.04. The maximum Gasteiger partial charge on any atom is 0.251 e. The van der Waals surface area contributed by atoms with E-state index >= 15 is 0 Å². The first kappa shape index (κ1) is 21.3. The maximum atomic E-state index is 12.2. The summed E-state index contributed by atoms with van der Waals surface area (Å²) in [4.78, 5) is 34.7. The van der Waals surface area contributed by atoms with Crippen molar-refractivity contribution in [2.24, 2.45) is 0 Å². The Bertz CT molecular complexity index is 968. The first-order valence-corrected chi connectivity index (χ1v) is 9.94. The summed E-state index contributed by atoms with van der Waals surface area (Å²) in [6.07, 6.45) is -0.0675. The molecule has 2 amide bonds. The van der Waals surface area contributed by atoms with Crippen LogP contribution in [0, 0.1) is 0 Å². The molecule has 0 aliphatic rings. The molecule has 0 spiro atoms. The molecule has 148 valence electrons. The predicted molar refractivity (Wildman–Crippen MR) is 105 cm³/mol. The van der Waals surface area contributed by atoms with Gasteiger partial charge in [-0.2, -0.15) is 0 Å². The SMILES string of the molecule is CNC(=O)c1ccc(NC(=O)CCNS(=O)(=O)c2ccc(C(C)=O)cc2)cc1. The van der Waals surface area contributed by atoms with Crippen LogP contribution < -0.4 is 15.4 Å². The van der Waals surface area contributed by atoms with E-state index in [1.165, 1.54) is 38.2 Å². The lowest BCUT2D eigenvalue weighted by molar-refractivity contribution is -0.116. The Morgan fingerprint density at radius 3 is 2.00 bits per heavy atom. The highest BCUT2D eigenvalue weighted by Gasteiger charge is 2.15. The topological polar surface area (TPSA) is 121 Å². The highest BCUT2D eigenvalue weighted by molar-refractivity contribution is 7.89. The van der Waals surface area contributed by atoms with Gasteiger partial charge in [0.25, 0.3) is 5.91 Å². The van der Waals surface area contributed by atoms with E-state index in [9.17, 15) is 22.8 Å². The highest BCUT2D eigenvalue weighted by atomic mass is 32.2. The van der Waals surface area contributed by atoms with Gasteiger partial charge in [-0.3, -0.25) is 14.4 Å². The van der Waals surface area contributed by atoms with Crippen molar-refractivity contribution < 1.29 is 22.8 Å². The van der Waals surface area contributed by atoms with Crippen molar-refractivity contribution in [1.82, 2.24) is 10.0 Å². The van der Waals surface area contributed by atoms with Gasteiger partial charge in [-0.1, -0.05) is 12.1 Å². The predicted octanol–water partition coefficient (Wildman–Crippen LogP) is 1.56. The third kappa shape index (κ3) is 5.73. The normalized spacial score (nSPS) is 10.9. The summed E-state index contributed by atoms with van der Waals surface area (Å²) in [6.45, 7) is 1.31. The van der Waals surface area contributed by atoms with Crippen molar-refractivity contribution in [2.75, 3.05) is 18.9 Å². The van der Waals surface area contributed by atoms with Crippen LogP contribution >= 0.6 is 0 Å². The number of amides is 2. The van der Waals surface area contributed by atoms with Gasteiger partial charge in [0.15, 0.2) is 5.78 Å². The second-order valence-corrected chi connectivity index (χ2v) is 7.70. The molecule has 9 heteroatoms. The van der Waals surface area contributed by atoms with Crippen LogP contribution in [0.25, 0.3) is 0 Å². The van der Waals surface area contributed by atoms with Crippen LogP contribution in [0.4, 0.5) is 5.69 Å². The zero-order chi connectivity index (χ0) is 20.7. The van der Waals surface area contributed by atoms with Gasteiger partial charge in [0.1, 0.15) is 0 Å². The summed E-state index contributed by atoms with van der Waals surface area (Å²) in [5.74, 6) is -0.761. The molecule has 2 rings (SSSR count). The molecule has 8 nitrogen and oxygen atoms in total. The summed E-state index contributed by atoms with van der Waals surface area (Å²) in [7, 11) is -2.25. The molecule has 0 saturated heterocycles. The van der Waals surface area contributed by atoms with Crippen LogP contribution in [0.3, 0.4) is 0 Å². The van der Waals surface area contributed by atoms with Crippen LogP contribution in [0.5, 0.6) is 0 Å². The Balaban J connectivity index is 1.87. The fourth-order valence-electron chi connectivity index (χ4n) is 2.32. The van der Waals surface area contributed by atoms with Crippen molar-refractivity contribution in [1.29, 1.82) is 0 Å². The fourth-order valence-corrected chi connectivity index (χ4v) is 3.36. The molecule has 0 aromatic heterocycles. The molecule has 2 aromatic carbocycles. The largest absolute Gasteiger partial charge is 0.355 e. The highest BCUT2D eigenvalue weighted by Crippen LogP contribution is 2.12. The standard InChI is InChI=1S/C19H21N3O5S/c1-13(23)14-5-9-17(10-6-14)28(26,27)21-12-11-18(24)22-16-7-3-15(4-8-16)19(25)20-2/h3-10,21H,11-12H2,1-2H3,(H,20,25)(H,22,24). The van der Waals surface area contributed by atoms with Crippen LogP contribution in [0.2, 0.25) is 0 Å². The van der Waals surface area contributed by atoms with E-state index < -0.39 is 10.0 Å². The summed E-state index contributed by atoms with van der Waals surface area (Å²) < 4.78 is 26.8. The Morgan fingerprint density at radius 2 is 1.46 bits per heavy atom. The smallest absolute Gasteiger partial charge is 0.251 e. The van der Waals surface area contributed by atoms with Gasteiger partial charge in [0, 0.05) is 36.8 Å². The van der Waals surface area contributed by atoms with E-state index in [1.807, 2.05) is 0 Å². The number of hydrogen-bond acceptors (Lipinski definition) is 5. The lowest BCUT2D eigenvalue weighted by Gasteiger charge is -2.08. The van der Waals surface area contributed by atoms with Crippen LogP contribution in [-0.2, 0) is 14.8 Å². The zero-order valence-corrected chi connectivity index (χ0v) is 16.3. The maximum absolute atomic E-state index is 12.2. The number of ketones is 1. The molecule has 0 saturated carbocycles. The van der Waals surface area contributed by atoms with Crippen molar-refractivity contribution in [3.63, 3.8) is 0 Å². The minimum atomic E-state index is -3.78. The lowest BCUT2D eigenvalue weighted by Crippen LogP contribution is -2.27. The Kier molecular flexibility index (Phi) is 7.02. The van der Waals surface area contributed by atoms with Gasteiger partial charge < -0.3 is 10.6 Å². The second-order valence-electron chi connectivity index (χ2n) is 5.93. The number of Topliss-reactive ketones (excluding diaryl/α,β-unsaturated/α-hetero) is 1. The summed E-state index contributed by atoms with van der Waals surface area (Å²) >= 11 is 0. The van der Waals surface area contributed by atoms with E-state index in [1.54, 1.807) is 24.3 Å². The second kappa shape index (κ2) is 9.25. The van der Waals surface area contributed by atoms with E-state index in [0.29, 0.717) is 16.8 Å². The van der Waals surface area contributed by atoms with E-state index in [4.69, 9.17) is 0 Å². The minimum Gasteiger partial charge on any atom is -0.355 e. The quantitative estimate of drug-likeness (QED) is 0.578. The number of carbonyl (C=O) groups excluding carboxylic acids is 3. The number of rotatable bonds is 8. The number of carbonyl (C=O) groups is 3. The van der Waals surface area contributed by atoms with E-state index in [-0.39, 0.29) is 35.5 Å². The molecule has 0 unspecified atom stereocenters. The Morgan fingerprint density at radius 1 is 0.893 bits per heavy atom. The molecule has 3 N–H and O–H groups in total. The first-order chi connectivity index (χ1) is 13.2. The van der Waals surface area contributed by atoms with Crippen molar-refractivity contribution in [3.8, 4) is 0 Å². The molecule has 2 aromatic rings. The lowest BCUT2D eigenvalue weighted by atomic mass is 10.2. The third-order valence-electron chi connectivity index (χ3n) is 3.87. The molecular weight excluding hydrogens is 382 g/mol. The molecular formula is C19H21N3O5S. The molecule has 0 fully saturated rings. The minimum absolute atomic E-state index is 0.0164. The van der Waals surface area contributed by atoms with Gasteiger partial charge in [-0.25, -0.2) is 13.1 Å². The summed E-state index contributed by atoms with van der Waals surface area (Å²) in [6, 6.07) is 11.9. The molecule has 0 heterocycles. The van der Waals surface area contributed by atoms with Crippen molar-refractivity contribution in [3.05, 3.63) is 59.7 Å². The number of benzene rings is 2. The van der Waals surface area contributed by atoms with Crippen molar-refractivity contribution >= 4 is 33.3 Å². The molecule has 28 heavy (non-hydrogen) atoms. The fraction of sp³-hybridized carbons (Fsp3) is 0.211. The van der Waals surface area contributed by atoms with Crippen LogP contribution in [0.1, 0.15) is 34.1 Å². The van der Waals surface area contributed by atoms with Gasteiger partial charge >= 0.3 is 0 Å². The average molecular weight is 403 g/mol. The van der Waals surface area contributed by atoms with Crippen LogP contribution in [-0.4, -0.2) is 39.6 Å². The number of hydrogen-bond donors (Lipinski definition) is 3.